The molecule has 0 aliphatic carbocycles. The molecule has 0 N–H and O–H groups in total. The van der Waals surface area contributed by atoms with Crippen LogP contribution < -0.4 is 0 Å². The summed E-state index contributed by atoms with van der Waals surface area (Å²) < 4.78 is 8.29. The maximum Gasteiger partial charge on any atom is 0.410 e. The molecule has 6 nitrogen and oxygen atoms in total. The van der Waals surface area contributed by atoms with E-state index in [2.05, 4.69) is 26.0 Å². The fourth-order valence-corrected chi connectivity index (χ4v) is 3.46. The minimum absolute atomic E-state index is 0.0180. The van der Waals surface area contributed by atoms with Gasteiger partial charge in [0.05, 0.1) is 24.8 Å². The van der Waals surface area contributed by atoms with Crippen molar-refractivity contribution in [1.82, 2.24) is 19.7 Å². The quantitative estimate of drug-likeness (QED) is 0.739. The summed E-state index contributed by atoms with van der Waals surface area (Å²) in [6, 6.07) is 3.90. The Balaban J connectivity index is 1.95. The number of amides is 1. The van der Waals surface area contributed by atoms with Crippen LogP contribution in [-0.4, -0.2) is 37.4 Å². The molecule has 1 aliphatic rings. The van der Waals surface area contributed by atoms with Gasteiger partial charge in [0, 0.05) is 18.0 Å². The average Bonchev–Trinajstić information content (AvgIpc) is 2.80. The van der Waals surface area contributed by atoms with Crippen molar-refractivity contribution in [2.45, 2.75) is 52.4 Å². The van der Waals surface area contributed by atoms with Gasteiger partial charge in [0.1, 0.15) is 10.2 Å². The SMILES string of the molecule is C[C@H]1Cn2nc(Br)c(-c3ccncc3)c2CN1C(=O)OC(C)(C)C. The zero-order chi connectivity index (χ0) is 17.5. The van der Waals surface area contributed by atoms with Crippen LogP contribution in [0.2, 0.25) is 0 Å². The smallest absolute Gasteiger partial charge is 0.410 e. The molecule has 0 spiro atoms. The molecule has 0 aromatic carbocycles. The molecule has 7 heteroatoms. The molecule has 1 aliphatic heterocycles. The van der Waals surface area contributed by atoms with Crippen molar-refractivity contribution >= 4 is 22.0 Å². The Kier molecular flexibility index (Phi) is 4.38. The lowest BCUT2D eigenvalue weighted by atomic mass is 10.1. The number of pyridine rings is 1. The third kappa shape index (κ3) is 3.31. The molecular weight excluding hydrogens is 372 g/mol. The summed E-state index contributed by atoms with van der Waals surface area (Å²) >= 11 is 3.55. The number of halogens is 1. The number of ether oxygens (including phenoxy) is 1. The number of nitrogens with zero attached hydrogens (tertiary/aromatic N) is 4. The summed E-state index contributed by atoms with van der Waals surface area (Å²) in [6.07, 6.45) is 3.21. The first-order valence-corrected chi connectivity index (χ1v) is 8.71. The van der Waals surface area contributed by atoms with E-state index in [1.54, 1.807) is 17.3 Å². The Bertz CT molecular complexity index is 752. The van der Waals surface area contributed by atoms with E-state index in [0.29, 0.717) is 13.1 Å². The summed E-state index contributed by atoms with van der Waals surface area (Å²) in [5.74, 6) is 0. The van der Waals surface area contributed by atoms with Gasteiger partial charge in [0.2, 0.25) is 0 Å². The number of fused-ring (bicyclic) bond motifs is 1. The Morgan fingerprint density at radius 3 is 2.62 bits per heavy atom. The topological polar surface area (TPSA) is 60.2 Å². The molecule has 1 atom stereocenters. The molecule has 0 unspecified atom stereocenters. The molecular formula is C17H21BrN4O2. The van der Waals surface area contributed by atoms with Gasteiger partial charge in [-0.2, -0.15) is 5.10 Å². The average molecular weight is 393 g/mol. The zero-order valence-corrected chi connectivity index (χ0v) is 15.9. The number of hydrogen-bond acceptors (Lipinski definition) is 4. The van der Waals surface area contributed by atoms with Gasteiger partial charge >= 0.3 is 6.09 Å². The van der Waals surface area contributed by atoms with Crippen LogP contribution in [-0.2, 0) is 17.8 Å². The highest BCUT2D eigenvalue weighted by molar-refractivity contribution is 9.10. The molecule has 2 aromatic rings. The normalized spacial score (nSPS) is 17.5. The molecule has 0 saturated heterocycles. The Morgan fingerprint density at radius 1 is 1.33 bits per heavy atom. The minimum atomic E-state index is -0.511. The van der Waals surface area contributed by atoms with Gasteiger partial charge in [-0.1, -0.05) is 0 Å². The van der Waals surface area contributed by atoms with Crippen LogP contribution in [0.4, 0.5) is 4.79 Å². The van der Waals surface area contributed by atoms with Gasteiger partial charge in [0.15, 0.2) is 0 Å². The lowest BCUT2D eigenvalue weighted by Crippen LogP contribution is -2.47. The first-order valence-electron chi connectivity index (χ1n) is 7.91. The van der Waals surface area contributed by atoms with Crippen molar-refractivity contribution in [3.8, 4) is 11.1 Å². The second-order valence-electron chi connectivity index (χ2n) is 6.99. The van der Waals surface area contributed by atoms with Crippen LogP contribution in [0, 0.1) is 0 Å². The van der Waals surface area contributed by atoms with E-state index < -0.39 is 5.60 Å². The third-order valence-electron chi connectivity index (χ3n) is 3.90. The van der Waals surface area contributed by atoms with Crippen LogP contribution >= 0.6 is 15.9 Å². The van der Waals surface area contributed by atoms with Crippen molar-refractivity contribution in [2.75, 3.05) is 0 Å². The first kappa shape index (κ1) is 17.0. The molecule has 24 heavy (non-hydrogen) atoms. The van der Waals surface area contributed by atoms with Gasteiger partial charge in [0.25, 0.3) is 0 Å². The monoisotopic (exact) mass is 392 g/mol. The molecule has 128 valence electrons. The zero-order valence-electron chi connectivity index (χ0n) is 14.3. The van der Waals surface area contributed by atoms with Crippen LogP contribution in [0.25, 0.3) is 11.1 Å². The first-order chi connectivity index (χ1) is 11.3. The number of rotatable bonds is 1. The summed E-state index contributed by atoms with van der Waals surface area (Å²) in [5.41, 5.74) is 2.51. The van der Waals surface area contributed by atoms with Crippen LogP contribution in [0.5, 0.6) is 0 Å². The fraction of sp³-hybridized carbons (Fsp3) is 0.471. The molecule has 0 radical (unpaired) electrons. The largest absolute Gasteiger partial charge is 0.444 e. The lowest BCUT2D eigenvalue weighted by molar-refractivity contribution is 0.00913. The van der Waals surface area contributed by atoms with Crippen LogP contribution in [0.1, 0.15) is 33.4 Å². The Labute approximate surface area is 149 Å². The minimum Gasteiger partial charge on any atom is -0.444 e. The van der Waals surface area contributed by atoms with E-state index in [4.69, 9.17) is 4.74 Å². The Morgan fingerprint density at radius 2 is 2.00 bits per heavy atom. The van der Waals surface area contributed by atoms with E-state index in [0.717, 1.165) is 21.4 Å². The van der Waals surface area contributed by atoms with E-state index in [1.165, 1.54) is 0 Å². The predicted octanol–water partition coefficient (Wildman–Crippen LogP) is 3.85. The molecule has 0 saturated carbocycles. The maximum atomic E-state index is 12.5. The van der Waals surface area contributed by atoms with E-state index >= 15 is 0 Å². The van der Waals surface area contributed by atoms with Gasteiger partial charge in [-0.15, -0.1) is 0 Å². The van der Waals surface area contributed by atoms with E-state index in [-0.39, 0.29) is 12.1 Å². The standard InChI is InChI=1S/C17H21BrN4O2/c1-11-9-22-13(10-21(11)16(23)24-17(2,3)4)14(15(18)20-22)12-5-7-19-8-6-12/h5-8,11H,9-10H2,1-4H3/t11-/m0/s1. The Hall–Kier alpha value is -1.89. The van der Waals surface area contributed by atoms with Gasteiger partial charge in [-0.3, -0.25) is 14.6 Å². The molecule has 0 bridgehead atoms. The second-order valence-corrected chi connectivity index (χ2v) is 7.74. The summed E-state index contributed by atoms with van der Waals surface area (Å²) in [7, 11) is 0. The van der Waals surface area contributed by atoms with Gasteiger partial charge < -0.3 is 4.74 Å². The highest BCUT2D eigenvalue weighted by Crippen LogP contribution is 2.34. The van der Waals surface area contributed by atoms with Crippen LogP contribution in [0.15, 0.2) is 29.1 Å². The predicted molar refractivity (Wildman–Crippen MR) is 94.4 cm³/mol. The fourth-order valence-electron chi connectivity index (χ4n) is 2.81. The molecule has 2 aromatic heterocycles. The highest BCUT2D eigenvalue weighted by atomic mass is 79.9. The molecule has 1 amide bonds. The summed E-state index contributed by atoms with van der Waals surface area (Å²) in [6.45, 7) is 8.74. The van der Waals surface area contributed by atoms with E-state index in [1.807, 2.05) is 44.5 Å². The van der Waals surface area contributed by atoms with Crippen molar-refractivity contribution in [3.63, 3.8) is 0 Å². The lowest BCUT2D eigenvalue weighted by Gasteiger charge is -2.35. The number of aromatic nitrogens is 3. The number of carbonyl (C=O) groups excluding carboxylic acids is 1. The highest BCUT2D eigenvalue weighted by Gasteiger charge is 2.33. The second kappa shape index (κ2) is 6.20. The maximum absolute atomic E-state index is 12.5. The third-order valence-corrected chi connectivity index (χ3v) is 4.46. The molecule has 3 heterocycles. The van der Waals surface area contributed by atoms with Crippen molar-refractivity contribution in [2.24, 2.45) is 0 Å². The summed E-state index contributed by atoms with van der Waals surface area (Å²) in [5, 5.41) is 4.58. The van der Waals surface area contributed by atoms with Crippen LogP contribution in [0.3, 0.4) is 0 Å². The summed E-state index contributed by atoms with van der Waals surface area (Å²) in [4.78, 5) is 18.4. The molecule has 0 fully saturated rings. The number of hydrogen-bond donors (Lipinski definition) is 0. The molecule has 3 rings (SSSR count). The van der Waals surface area contributed by atoms with Crippen molar-refractivity contribution in [3.05, 3.63) is 34.8 Å². The van der Waals surface area contributed by atoms with Gasteiger partial charge in [-0.05, 0) is 61.3 Å². The van der Waals surface area contributed by atoms with Crippen molar-refractivity contribution < 1.29 is 9.53 Å². The number of carbonyl (C=O) groups is 1. The van der Waals surface area contributed by atoms with Gasteiger partial charge in [-0.25, -0.2) is 4.79 Å². The van der Waals surface area contributed by atoms with Crippen molar-refractivity contribution in [1.29, 1.82) is 0 Å². The van der Waals surface area contributed by atoms with E-state index in [9.17, 15) is 4.79 Å².